The Morgan fingerprint density at radius 2 is 2.00 bits per heavy atom. The van der Waals surface area contributed by atoms with Gasteiger partial charge in [0.15, 0.2) is 0 Å². The highest BCUT2D eigenvalue weighted by atomic mass is 35.5. The Hall–Kier alpha value is -2.33. The third kappa shape index (κ3) is 3.54. The number of nitrogens with zero attached hydrogens (tertiary/aromatic N) is 1. The lowest BCUT2D eigenvalue weighted by Gasteiger charge is -2.04. The summed E-state index contributed by atoms with van der Waals surface area (Å²) in [7, 11) is 0. The van der Waals surface area contributed by atoms with E-state index in [0.717, 1.165) is 5.56 Å². The van der Waals surface area contributed by atoms with Crippen LogP contribution in [0.4, 0.5) is 4.39 Å². The molecule has 0 saturated carbocycles. The molecule has 1 heterocycles. The standard InChI is InChI=1S/C18H15ClFNO2/c1-11-8-13(6-7-16(11)20)18-21-17(12(2)23-18)10-22-15-5-3-4-14(19)9-15/h3-9H,10H2,1-2H3. The number of hydrogen-bond acceptors (Lipinski definition) is 3. The van der Waals surface area contributed by atoms with Gasteiger partial charge in [-0.15, -0.1) is 0 Å². The minimum Gasteiger partial charge on any atom is -0.487 e. The smallest absolute Gasteiger partial charge is 0.226 e. The molecule has 0 spiro atoms. The fourth-order valence-corrected chi connectivity index (χ4v) is 2.35. The van der Waals surface area contributed by atoms with Crippen molar-refractivity contribution >= 4 is 11.6 Å². The molecule has 0 N–H and O–H groups in total. The van der Waals surface area contributed by atoms with E-state index >= 15 is 0 Å². The lowest BCUT2D eigenvalue weighted by atomic mass is 10.1. The molecular formula is C18H15ClFNO2. The second kappa shape index (κ2) is 6.42. The molecule has 0 atom stereocenters. The molecule has 3 rings (SSSR count). The van der Waals surface area contributed by atoms with Gasteiger partial charge in [-0.3, -0.25) is 0 Å². The van der Waals surface area contributed by atoms with E-state index in [4.69, 9.17) is 20.8 Å². The van der Waals surface area contributed by atoms with E-state index in [1.54, 1.807) is 31.2 Å². The summed E-state index contributed by atoms with van der Waals surface area (Å²) in [5.74, 6) is 1.54. The van der Waals surface area contributed by atoms with E-state index in [1.807, 2.05) is 19.1 Å². The zero-order chi connectivity index (χ0) is 16.4. The van der Waals surface area contributed by atoms with Gasteiger partial charge in [0.05, 0.1) is 0 Å². The molecule has 0 fully saturated rings. The summed E-state index contributed by atoms with van der Waals surface area (Å²) in [4.78, 5) is 4.44. The summed E-state index contributed by atoms with van der Waals surface area (Å²) in [6, 6.07) is 11.9. The van der Waals surface area contributed by atoms with E-state index in [2.05, 4.69) is 4.98 Å². The summed E-state index contributed by atoms with van der Waals surface area (Å²) in [5, 5.41) is 0.613. The lowest BCUT2D eigenvalue weighted by molar-refractivity contribution is 0.299. The molecule has 0 aliphatic heterocycles. The second-order valence-electron chi connectivity index (χ2n) is 5.23. The predicted molar refractivity (Wildman–Crippen MR) is 87.2 cm³/mol. The molecule has 23 heavy (non-hydrogen) atoms. The Morgan fingerprint density at radius 1 is 1.17 bits per heavy atom. The monoisotopic (exact) mass is 331 g/mol. The first-order valence-corrected chi connectivity index (χ1v) is 7.52. The van der Waals surface area contributed by atoms with E-state index in [0.29, 0.717) is 33.7 Å². The minimum atomic E-state index is -0.249. The summed E-state index contributed by atoms with van der Waals surface area (Å²) in [6.45, 7) is 3.80. The largest absolute Gasteiger partial charge is 0.487 e. The van der Waals surface area contributed by atoms with Crippen LogP contribution in [0.15, 0.2) is 46.9 Å². The number of hydrogen-bond donors (Lipinski definition) is 0. The van der Waals surface area contributed by atoms with Crippen LogP contribution in [0, 0.1) is 19.7 Å². The fourth-order valence-electron chi connectivity index (χ4n) is 2.17. The first-order chi connectivity index (χ1) is 11.0. The topological polar surface area (TPSA) is 35.3 Å². The number of aromatic nitrogens is 1. The zero-order valence-electron chi connectivity index (χ0n) is 12.8. The molecule has 118 valence electrons. The Balaban J connectivity index is 1.79. The molecule has 0 unspecified atom stereocenters. The van der Waals surface area contributed by atoms with Crippen LogP contribution < -0.4 is 4.74 Å². The van der Waals surface area contributed by atoms with Crippen molar-refractivity contribution in [3.05, 3.63) is 70.3 Å². The summed E-state index contributed by atoms with van der Waals surface area (Å²) >= 11 is 5.92. The maximum Gasteiger partial charge on any atom is 0.226 e. The van der Waals surface area contributed by atoms with Crippen molar-refractivity contribution in [2.45, 2.75) is 20.5 Å². The van der Waals surface area contributed by atoms with E-state index in [-0.39, 0.29) is 12.4 Å². The van der Waals surface area contributed by atoms with Crippen molar-refractivity contribution in [3.63, 3.8) is 0 Å². The maximum atomic E-state index is 13.4. The van der Waals surface area contributed by atoms with Crippen LogP contribution >= 0.6 is 11.6 Å². The van der Waals surface area contributed by atoms with Crippen LogP contribution in [0.5, 0.6) is 5.75 Å². The molecule has 0 radical (unpaired) electrons. The summed E-state index contributed by atoms with van der Waals surface area (Å²) in [6.07, 6.45) is 0. The Morgan fingerprint density at radius 3 is 2.74 bits per heavy atom. The van der Waals surface area contributed by atoms with Gasteiger partial charge in [0.25, 0.3) is 0 Å². The summed E-state index contributed by atoms with van der Waals surface area (Å²) in [5.41, 5.74) is 1.98. The van der Waals surface area contributed by atoms with Gasteiger partial charge < -0.3 is 9.15 Å². The number of benzene rings is 2. The number of halogens is 2. The molecule has 2 aromatic carbocycles. The molecule has 3 nitrogen and oxygen atoms in total. The molecule has 0 aliphatic carbocycles. The average Bonchev–Trinajstić information content (AvgIpc) is 2.89. The Bertz CT molecular complexity index is 845. The predicted octanol–water partition coefficient (Wildman–Crippen LogP) is 5.33. The third-order valence-electron chi connectivity index (χ3n) is 3.47. The average molecular weight is 332 g/mol. The van der Waals surface area contributed by atoms with Gasteiger partial charge in [0.2, 0.25) is 5.89 Å². The molecule has 3 aromatic rings. The van der Waals surface area contributed by atoms with Crippen molar-refractivity contribution in [2.75, 3.05) is 0 Å². The van der Waals surface area contributed by atoms with Crippen LogP contribution in [0.1, 0.15) is 17.0 Å². The van der Waals surface area contributed by atoms with E-state index in [1.165, 1.54) is 6.07 Å². The van der Waals surface area contributed by atoms with Gasteiger partial charge in [0, 0.05) is 10.6 Å². The van der Waals surface area contributed by atoms with Crippen molar-refractivity contribution in [2.24, 2.45) is 0 Å². The van der Waals surface area contributed by atoms with E-state index in [9.17, 15) is 4.39 Å². The molecule has 5 heteroatoms. The molecule has 0 bridgehead atoms. The van der Waals surface area contributed by atoms with Gasteiger partial charge in [-0.2, -0.15) is 0 Å². The molecule has 0 saturated heterocycles. The number of aryl methyl sites for hydroxylation is 2. The number of rotatable bonds is 4. The summed E-state index contributed by atoms with van der Waals surface area (Å²) < 4.78 is 24.7. The third-order valence-corrected chi connectivity index (χ3v) is 3.70. The maximum absolute atomic E-state index is 13.4. The minimum absolute atomic E-state index is 0.249. The highest BCUT2D eigenvalue weighted by Gasteiger charge is 2.13. The van der Waals surface area contributed by atoms with Crippen LogP contribution in [0.3, 0.4) is 0 Å². The first kappa shape index (κ1) is 15.6. The SMILES string of the molecule is Cc1cc(-c2nc(COc3cccc(Cl)c3)c(C)o2)ccc1F. The van der Waals surface area contributed by atoms with Crippen LogP contribution in [-0.4, -0.2) is 4.98 Å². The van der Waals surface area contributed by atoms with Crippen molar-refractivity contribution in [1.82, 2.24) is 4.98 Å². The fraction of sp³-hybridized carbons (Fsp3) is 0.167. The van der Waals surface area contributed by atoms with Gasteiger partial charge in [-0.25, -0.2) is 9.37 Å². The van der Waals surface area contributed by atoms with Crippen LogP contribution in [0.2, 0.25) is 5.02 Å². The van der Waals surface area contributed by atoms with E-state index < -0.39 is 0 Å². The zero-order valence-corrected chi connectivity index (χ0v) is 13.5. The quantitative estimate of drug-likeness (QED) is 0.648. The van der Waals surface area contributed by atoms with Crippen molar-refractivity contribution in [1.29, 1.82) is 0 Å². The molecule has 0 aliphatic rings. The Kier molecular flexibility index (Phi) is 4.35. The van der Waals surface area contributed by atoms with Crippen LogP contribution in [-0.2, 0) is 6.61 Å². The first-order valence-electron chi connectivity index (χ1n) is 7.14. The Labute approximate surface area is 138 Å². The van der Waals surface area contributed by atoms with Gasteiger partial charge in [-0.1, -0.05) is 17.7 Å². The van der Waals surface area contributed by atoms with Gasteiger partial charge in [-0.05, 0) is 55.8 Å². The highest BCUT2D eigenvalue weighted by Crippen LogP contribution is 2.25. The lowest BCUT2D eigenvalue weighted by Crippen LogP contribution is -1.97. The number of ether oxygens (including phenoxy) is 1. The molecule has 0 amide bonds. The van der Waals surface area contributed by atoms with Crippen molar-refractivity contribution < 1.29 is 13.5 Å². The van der Waals surface area contributed by atoms with Crippen LogP contribution in [0.25, 0.3) is 11.5 Å². The van der Waals surface area contributed by atoms with Crippen molar-refractivity contribution in [3.8, 4) is 17.2 Å². The van der Waals surface area contributed by atoms with Gasteiger partial charge >= 0.3 is 0 Å². The van der Waals surface area contributed by atoms with Gasteiger partial charge in [0.1, 0.15) is 29.6 Å². The molecule has 1 aromatic heterocycles. The highest BCUT2D eigenvalue weighted by molar-refractivity contribution is 6.30. The molecular weight excluding hydrogens is 317 g/mol. The second-order valence-corrected chi connectivity index (χ2v) is 5.67. The number of oxazole rings is 1. The normalized spacial score (nSPS) is 10.8.